The van der Waals surface area contributed by atoms with E-state index in [0.717, 1.165) is 32.2 Å². The summed E-state index contributed by atoms with van der Waals surface area (Å²) < 4.78 is 0. The highest BCUT2D eigenvalue weighted by atomic mass is 16.3. The maximum absolute atomic E-state index is 9.62. The lowest BCUT2D eigenvalue weighted by molar-refractivity contribution is 0.143. The summed E-state index contributed by atoms with van der Waals surface area (Å²) in [5, 5.41) is 22.0. The molecule has 2 aliphatic carbocycles. The van der Waals surface area contributed by atoms with Crippen LogP contribution in [0.3, 0.4) is 0 Å². The predicted octanol–water partition coefficient (Wildman–Crippen LogP) is 0.652. The summed E-state index contributed by atoms with van der Waals surface area (Å²) in [5.41, 5.74) is 0.372. The summed E-state index contributed by atoms with van der Waals surface area (Å²) in [4.78, 5) is 0. The van der Waals surface area contributed by atoms with E-state index in [9.17, 15) is 5.11 Å². The molecule has 3 heteroatoms. The minimum Gasteiger partial charge on any atom is -0.396 e. The maximum Gasteiger partial charge on any atom is 0.0693 e. The minimum absolute atomic E-state index is 0.139. The van der Waals surface area contributed by atoms with Gasteiger partial charge >= 0.3 is 0 Å². The van der Waals surface area contributed by atoms with Gasteiger partial charge in [0.1, 0.15) is 0 Å². The largest absolute Gasteiger partial charge is 0.396 e. The van der Waals surface area contributed by atoms with Gasteiger partial charge in [0.25, 0.3) is 0 Å². The van der Waals surface area contributed by atoms with Gasteiger partial charge in [0.15, 0.2) is 0 Å². The van der Waals surface area contributed by atoms with E-state index in [2.05, 4.69) is 5.32 Å². The highest BCUT2D eigenvalue weighted by Crippen LogP contribution is 2.48. The Hall–Kier alpha value is -0.120. The van der Waals surface area contributed by atoms with E-state index in [1.165, 1.54) is 12.8 Å². The van der Waals surface area contributed by atoms with Crippen molar-refractivity contribution in [1.29, 1.82) is 0 Å². The molecule has 0 heterocycles. The third-order valence-corrected chi connectivity index (χ3v) is 3.82. The summed E-state index contributed by atoms with van der Waals surface area (Å²) in [6.45, 7) is 1.28. The number of hydrogen-bond acceptors (Lipinski definition) is 3. The number of hydrogen-bond donors (Lipinski definition) is 3. The number of nitrogens with one attached hydrogen (secondary N) is 1. The van der Waals surface area contributed by atoms with E-state index in [1.54, 1.807) is 0 Å². The molecule has 0 bridgehead atoms. The molecule has 2 rings (SSSR count). The minimum atomic E-state index is -0.139. The second kappa shape index (κ2) is 4.17. The highest BCUT2D eigenvalue weighted by Gasteiger charge is 2.42. The molecule has 0 aliphatic heterocycles. The van der Waals surface area contributed by atoms with Crippen molar-refractivity contribution in [3.05, 3.63) is 0 Å². The first-order chi connectivity index (χ1) is 6.76. The smallest absolute Gasteiger partial charge is 0.0693 e. The van der Waals surface area contributed by atoms with Crippen molar-refractivity contribution in [3.63, 3.8) is 0 Å². The molecule has 2 aliphatic rings. The molecule has 0 aromatic carbocycles. The fourth-order valence-corrected chi connectivity index (χ4v) is 2.46. The SMILES string of the molecule is OCCC1(CN[C@H]2CCC[C@@H]2O)CC1. The van der Waals surface area contributed by atoms with Crippen LogP contribution in [0.15, 0.2) is 0 Å². The molecule has 0 radical (unpaired) electrons. The molecule has 0 spiro atoms. The van der Waals surface area contributed by atoms with Crippen LogP contribution < -0.4 is 5.32 Å². The van der Waals surface area contributed by atoms with Crippen LogP contribution in [0.25, 0.3) is 0 Å². The van der Waals surface area contributed by atoms with E-state index in [1.807, 2.05) is 0 Å². The monoisotopic (exact) mass is 199 g/mol. The van der Waals surface area contributed by atoms with Crippen molar-refractivity contribution in [2.24, 2.45) is 5.41 Å². The standard InChI is InChI=1S/C11H21NO2/c13-7-6-11(4-5-11)8-12-9-2-1-3-10(9)14/h9-10,12-14H,1-8H2/t9-,10-/m0/s1. The van der Waals surface area contributed by atoms with Crippen molar-refractivity contribution in [3.8, 4) is 0 Å². The molecule has 0 amide bonds. The predicted molar refractivity (Wildman–Crippen MR) is 55.0 cm³/mol. The third kappa shape index (κ3) is 2.27. The van der Waals surface area contributed by atoms with E-state index in [0.29, 0.717) is 18.1 Å². The lowest BCUT2D eigenvalue weighted by Crippen LogP contribution is -2.39. The lowest BCUT2D eigenvalue weighted by Gasteiger charge is -2.21. The van der Waals surface area contributed by atoms with Gasteiger partial charge in [-0.3, -0.25) is 0 Å². The highest BCUT2D eigenvalue weighted by molar-refractivity contribution is 4.96. The Kier molecular flexibility index (Phi) is 3.10. The third-order valence-electron chi connectivity index (χ3n) is 3.82. The van der Waals surface area contributed by atoms with Crippen molar-refractivity contribution in [2.75, 3.05) is 13.2 Å². The van der Waals surface area contributed by atoms with Crippen molar-refractivity contribution in [1.82, 2.24) is 5.32 Å². The van der Waals surface area contributed by atoms with Crippen LogP contribution in [0.1, 0.15) is 38.5 Å². The lowest BCUT2D eigenvalue weighted by atomic mass is 10.0. The quantitative estimate of drug-likeness (QED) is 0.609. The molecular weight excluding hydrogens is 178 g/mol. The van der Waals surface area contributed by atoms with Crippen molar-refractivity contribution < 1.29 is 10.2 Å². The molecule has 2 atom stereocenters. The Morgan fingerprint density at radius 2 is 2.07 bits per heavy atom. The second-order valence-electron chi connectivity index (χ2n) is 4.96. The molecule has 2 fully saturated rings. The van der Waals surface area contributed by atoms with Crippen LogP contribution in [-0.4, -0.2) is 35.5 Å². The average Bonchev–Trinajstić information content (AvgIpc) is 2.81. The normalized spacial score (nSPS) is 34.7. The molecule has 3 nitrogen and oxygen atoms in total. The Bertz CT molecular complexity index is 192. The molecule has 0 aromatic heterocycles. The molecule has 2 saturated carbocycles. The molecule has 3 N–H and O–H groups in total. The second-order valence-corrected chi connectivity index (χ2v) is 4.96. The molecule has 0 aromatic rings. The first-order valence-electron chi connectivity index (χ1n) is 5.78. The molecule has 0 unspecified atom stereocenters. The van der Waals surface area contributed by atoms with Gasteiger partial charge < -0.3 is 15.5 Å². The molecule has 0 saturated heterocycles. The van der Waals surface area contributed by atoms with Crippen LogP contribution >= 0.6 is 0 Å². The molecule has 82 valence electrons. The average molecular weight is 199 g/mol. The van der Waals surface area contributed by atoms with E-state index >= 15 is 0 Å². The van der Waals surface area contributed by atoms with Gasteiger partial charge in [0.05, 0.1) is 6.10 Å². The summed E-state index contributed by atoms with van der Waals surface area (Å²) in [6.07, 6.45) is 6.46. The first kappa shape index (κ1) is 10.4. The van der Waals surface area contributed by atoms with Crippen LogP contribution in [0, 0.1) is 5.41 Å². The summed E-state index contributed by atoms with van der Waals surface area (Å²) in [6, 6.07) is 0.311. The summed E-state index contributed by atoms with van der Waals surface area (Å²) in [7, 11) is 0. The summed E-state index contributed by atoms with van der Waals surface area (Å²) >= 11 is 0. The van der Waals surface area contributed by atoms with Gasteiger partial charge in [0.2, 0.25) is 0 Å². The number of aliphatic hydroxyl groups is 2. The van der Waals surface area contributed by atoms with Gasteiger partial charge in [-0.2, -0.15) is 0 Å². The first-order valence-corrected chi connectivity index (χ1v) is 5.78. The van der Waals surface area contributed by atoms with E-state index in [-0.39, 0.29) is 6.10 Å². The Labute approximate surface area is 85.5 Å². The van der Waals surface area contributed by atoms with Gasteiger partial charge in [-0.15, -0.1) is 0 Å². The van der Waals surface area contributed by atoms with Crippen LogP contribution in [0.5, 0.6) is 0 Å². The van der Waals surface area contributed by atoms with Gasteiger partial charge in [0, 0.05) is 19.2 Å². The van der Waals surface area contributed by atoms with Crippen LogP contribution in [-0.2, 0) is 0 Å². The van der Waals surface area contributed by atoms with Crippen molar-refractivity contribution in [2.45, 2.75) is 50.7 Å². The summed E-state index contributed by atoms with van der Waals surface area (Å²) in [5.74, 6) is 0. The van der Waals surface area contributed by atoms with Crippen molar-refractivity contribution >= 4 is 0 Å². The topological polar surface area (TPSA) is 52.5 Å². The zero-order valence-corrected chi connectivity index (χ0v) is 8.71. The maximum atomic E-state index is 9.62. The Morgan fingerprint density at radius 1 is 1.29 bits per heavy atom. The zero-order chi connectivity index (χ0) is 10.0. The van der Waals surface area contributed by atoms with E-state index in [4.69, 9.17) is 5.11 Å². The molecular formula is C11H21NO2. The zero-order valence-electron chi connectivity index (χ0n) is 8.71. The van der Waals surface area contributed by atoms with Crippen LogP contribution in [0.2, 0.25) is 0 Å². The fraction of sp³-hybridized carbons (Fsp3) is 1.00. The fourth-order valence-electron chi connectivity index (χ4n) is 2.46. The molecule has 14 heavy (non-hydrogen) atoms. The number of rotatable bonds is 5. The Balaban J connectivity index is 1.71. The van der Waals surface area contributed by atoms with Gasteiger partial charge in [-0.05, 0) is 43.9 Å². The number of aliphatic hydroxyl groups excluding tert-OH is 2. The van der Waals surface area contributed by atoms with Gasteiger partial charge in [-0.25, -0.2) is 0 Å². The van der Waals surface area contributed by atoms with Gasteiger partial charge in [-0.1, -0.05) is 0 Å². The Morgan fingerprint density at radius 3 is 2.57 bits per heavy atom. The van der Waals surface area contributed by atoms with E-state index < -0.39 is 0 Å². The van der Waals surface area contributed by atoms with Crippen LogP contribution in [0.4, 0.5) is 0 Å².